The number of nitrogens with one attached hydrogen (secondary N) is 1. The van der Waals surface area contributed by atoms with E-state index in [0.29, 0.717) is 11.4 Å². The number of anilines is 2. The summed E-state index contributed by atoms with van der Waals surface area (Å²) in [6.45, 7) is 0. The molecule has 5 N–H and O–H groups in total. The molecule has 0 aliphatic carbocycles. The number of halogens is 1. The van der Waals surface area contributed by atoms with Crippen LogP contribution in [0.15, 0.2) is 42.5 Å². The van der Waals surface area contributed by atoms with Crippen LogP contribution < -0.4 is 16.8 Å². The van der Waals surface area contributed by atoms with Gasteiger partial charge in [-0.2, -0.15) is 0 Å². The third-order valence-electron chi connectivity index (χ3n) is 2.83. The van der Waals surface area contributed by atoms with E-state index in [1.165, 1.54) is 12.1 Å². The molecule has 0 unspecified atom stereocenters. The lowest BCUT2D eigenvalue weighted by atomic mass is 10.1. The van der Waals surface area contributed by atoms with Crippen molar-refractivity contribution >= 4 is 34.8 Å². The molecule has 2 rings (SSSR count). The average Bonchev–Trinajstić information content (AvgIpc) is 2.38. The Labute approximate surface area is 126 Å². The summed E-state index contributed by atoms with van der Waals surface area (Å²) < 4.78 is 0. The highest BCUT2D eigenvalue weighted by Crippen LogP contribution is 2.20. The minimum atomic E-state index is -0.613. The maximum Gasteiger partial charge on any atom is 0.250 e. The van der Waals surface area contributed by atoms with Crippen molar-refractivity contribution in [3.05, 3.63) is 58.6 Å². The number of nitrogens with two attached hydrogens (primary N) is 2. The molecule has 2 aromatic rings. The second kappa shape index (κ2) is 6.28. The first-order chi connectivity index (χ1) is 9.95. The summed E-state index contributed by atoms with van der Waals surface area (Å²) in [6.07, 6.45) is 0.195. The molecule has 5 nitrogen and oxygen atoms in total. The molecule has 6 heteroatoms. The number of nitrogen functional groups attached to an aromatic ring is 1. The van der Waals surface area contributed by atoms with E-state index in [0.717, 1.165) is 5.56 Å². The zero-order chi connectivity index (χ0) is 15.4. The predicted molar refractivity (Wildman–Crippen MR) is 83.2 cm³/mol. The highest BCUT2D eigenvalue weighted by Gasteiger charge is 2.09. The summed E-state index contributed by atoms with van der Waals surface area (Å²) in [6, 6.07) is 11.6. The normalized spacial score (nSPS) is 10.1. The third kappa shape index (κ3) is 3.97. The van der Waals surface area contributed by atoms with Gasteiger partial charge < -0.3 is 16.8 Å². The van der Waals surface area contributed by atoms with Crippen molar-refractivity contribution in [2.45, 2.75) is 6.42 Å². The van der Waals surface area contributed by atoms with Gasteiger partial charge in [0.25, 0.3) is 0 Å². The van der Waals surface area contributed by atoms with E-state index in [4.69, 9.17) is 23.1 Å². The molecular weight excluding hydrogens is 290 g/mol. The molecule has 0 bridgehead atoms. The molecular formula is C15H14ClN3O2. The average molecular weight is 304 g/mol. The smallest absolute Gasteiger partial charge is 0.250 e. The van der Waals surface area contributed by atoms with Gasteiger partial charge in [0.2, 0.25) is 11.8 Å². The van der Waals surface area contributed by atoms with Gasteiger partial charge in [0, 0.05) is 11.4 Å². The van der Waals surface area contributed by atoms with Crippen molar-refractivity contribution in [2.24, 2.45) is 5.73 Å². The number of hydrogen-bond donors (Lipinski definition) is 3. The first-order valence-electron chi connectivity index (χ1n) is 6.19. The van der Waals surface area contributed by atoms with E-state index >= 15 is 0 Å². The van der Waals surface area contributed by atoms with E-state index < -0.39 is 5.91 Å². The van der Waals surface area contributed by atoms with E-state index in [9.17, 15) is 9.59 Å². The highest BCUT2D eigenvalue weighted by molar-refractivity contribution is 6.34. The van der Waals surface area contributed by atoms with E-state index in [1.54, 1.807) is 24.3 Å². The zero-order valence-electron chi connectivity index (χ0n) is 11.1. The summed E-state index contributed by atoms with van der Waals surface area (Å²) in [5.74, 6) is -0.818. The Balaban J connectivity index is 2.06. The summed E-state index contributed by atoms with van der Waals surface area (Å²) in [7, 11) is 0. The van der Waals surface area contributed by atoms with Crippen LogP contribution >= 0.6 is 11.6 Å². The van der Waals surface area contributed by atoms with E-state index in [-0.39, 0.29) is 22.9 Å². The lowest BCUT2D eigenvalue weighted by molar-refractivity contribution is -0.115. The Kier molecular flexibility index (Phi) is 4.45. The largest absolute Gasteiger partial charge is 0.399 e. The number of carbonyl (C=O) groups is 2. The van der Waals surface area contributed by atoms with Crippen LogP contribution in [0.1, 0.15) is 15.9 Å². The molecule has 0 aromatic heterocycles. The minimum Gasteiger partial charge on any atom is -0.399 e. The van der Waals surface area contributed by atoms with Gasteiger partial charge in [-0.25, -0.2) is 0 Å². The maximum atomic E-state index is 11.9. The van der Waals surface area contributed by atoms with Crippen LogP contribution in [0.2, 0.25) is 5.02 Å². The Morgan fingerprint density at radius 3 is 2.52 bits per heavy atom. The standard InChI is InChI=1S/C15H14ClN3O2/c16-13-8-11(4-5-12(13)15(18)21)19-14(20)7-9-2-1-3-10(17)6-9/h1-6,8H,7,17H2,(H2,18,21)(H,19,20). The van der Waals surface area contributed by atoms with Crippen LogP contribution in [0.25, 0.3) is 0 Å². The lowest BCUT2D eigenvalue weighted by Crippen LogP contribution is -2.15. The summed E-state index contributed by atoms with van der Waals surface area (Å²) in [4.78, 5) is 23.0. The Bertz CT molecular complexity index is 701. The lowest BCUT2D eigenvalue weighted by Gasteiger charge is -2.07. The van der Waals surface area contributed by atoms with Gasteiger partial charge in [-0.3, -0.25) is 9.59 Å². The molecule has 0 spiro atoms. The van der Waals surface area contributed by atoms with Crippen LogP contribution in [0, 0.1) is 0 Å². The van der Waals surface area contributed by atoms with Gasteiger partial charge in [0.1, 0.15) is 0 Å². The molecule has 0 saturated heterocycles. The Morgan fingerprint density at radius 1 is 1.14 bits per heavy atom. The van der Waals surface area contributed by atoms with Gasteiger partial charge in [0.15, 0.2) is 0 Å². The monoisotopic (exact) mass is 303 g/mol. The van der Waals surface area contributed by atoms with Gasteiger partial charge >= 0.3 is 0 Å². The number of rotatable bonds is 4. The molecule has 2 aromatic carbocycles. The molecule has 0 atom stereocenters. The van der Waals surface area contributed by atoms with Crippen LogP contribution in [0.5, 0.6) is 0 Å². The summed E-state index contributed by atoms with van der Waals surface area (Å²) in [5.41, 5.74) is 12.9. The number of amides is 2. The molecule has 21 heavy (non-hydrogen) atoms. The van der Waals surface area contributed by atoms with Crippen molar-refractivity contribution in [2.75, 3.05) is 11.1 Å². The SMILES string of the molecule is NC(=O)c1ccc(NC(=O)Cc2cccc(N)c2)cc1Cl. The number of benzene rings is 2. The van der Waals surface area contributed by atoms with Gasteiger partial charge in [-0.15, -0.1) is 0 Å². The van der Waals surface area contributed by atoms with E-state index in [2.05, 4.69) is 5.32 Å². The van der Waals surface area contributed by atoms with Crippen LogP contribution in [0.3, 0.4) is 0 Å². The van der Waals surface area contributed by atoms with Gasteiger partial charge in [0.05, 0.1) is 17.0 Å². The second-order valence-electron chi connectivity index (χ2n) is 4.53. The van der Waals surface area contributed by atoms with Gasteiger partial charge in [-0.1, -0.05) is 23.7 Å². The zero-order valence-corrected chi connectivity index (χ0v) is 11.9. The fraction of sp³-hybridized carbons (Fsp3) is 0.0667. The highest BCUT2D eigenvalue weighted by atomic mass is 35.5. The first-order valence-corrected chi connectivity index (χ1v) is 6.57. The quantitative estimate of drug-likeness (QED) is 0.755. The maximum absolute atomic E-state index is 11.9. The van der Waals surface area contributed by atoms with Crippen LogP contribution in [-0.2, 0) is 11.2 Å². The molecule has 108 valence electrons. The molecule has 0 fully saturated rings. The third-order valence-corrected chi connectivity index (χ3v) is 3.15. The predicted octanol–water partition coefficient (Wildman–Crippen LogP) is 2.20. The summed E-state index contributed by atoms with van der Waals surface area (Å²) >= 11 is 5.92. The van der Waals surface area contributed by atoms with Crippen molar-refractivity contribution in [1.29, 1.82) is 0 Å². The second-order valence-corrected chi connectivity index (χ2v) is 4.94. The van der Waals surface area contributed by atoms with Crippen molar-refractivity contribution in [3.63, 3.8) is 0 Å². The summed E-state index contributed by atoms with van der Waals surface area (Å²) in [5, 5.41) is 2.90. The van der Waals surface area contributed by atoms with Crippen molar-refractivity contribution in [1.82, 2.24) is 0 Å². The van der Waals surface area contributed by atoms with Gasteiger partial charge in [-0.05, 0) is 35.9 Å². The molecule has 0 aliphatic rings. The van der Waals surface area contributed by atoms with Crippen LogP contribution in [-0.4, -0.2) is 11.8 Å². The molecule has 0 aliphatic heterocycles. The number of hydrogen-bond acceptors (Lipinski definition) is 3. The minimum absolute atomic E-state index is 0.195. The molecule has 2 amide bonds. The fourth-order valence-corrected chi connectivity index (χ4v) is 2.16. The van der Waals surface area contributed by atoms with Crippen molar-refractivity contribution < 1.29 is 9.59 Å². The number of primary amides is 1. The Morgan fingerprint density at radius 2 is 1.90 bits per heavy atom. The molecule has 0 heterocycles. The van der Waals surface area contributed by atoms with Crippen molar-refractivity contribution in [3.8, 4) is 0 Å². The topological polar surface area (TPSA) is 98.2 Å². The molecule has 0 saturated carbocycles. The number of carbonyl (C=O) groups excluding carboxylic acids is 2. The molecule has 0 radical (unpaired) electrons. The first kappa shape index (κ1) is 14.9. The Hall–Kier alpha value is -2.53. The fourth-order valence-electron chi connectivity index (χ4n) is 1.89. The van der Waals surface area contributed by atoms with E-state index in [1.807, 2.05) is 6.07 Å². The van der Waals surface area contributed by atoms with Crippen LogP contribution in [0.4, 0.5) is 11.4 Å².